The second-order valence-corrected chi connectivity index (χ2v) is 8.69. The number of rotatable bonds is 5. The van der Waals surface area contributed by atoms with Crippen LogP contribution < -0.4 is 4.90 Å². The topological polar surface area (TPSA) is 56.7 Å². The molecule has 4 rings (SSSR count). The number of halogens is 3. The zero-order valence-electron chi connectivity index (χ0n) is 16.7. The van der Waals surface area contributed by atoms with Crippen LogP contribution in [0.4, 0.5) is 18.3 Å². The highest BCUT2D eigenvalue weighted by Gasteiger charge is 2.31. The van der Waals surface area contributed by atoms with Crippen LogP contribution in [0, 0.1) is 0 Å². The summed E-state index contributed by atoms with van der Waals surface area (Å²) in [5.74, 6) is -0.847. The van der Waals surface area contributed by atoms with Gasteiger partial charge in [-0.1, -0.05) is 35.6 Å². The SMILES string of the molecule is O=C(O)Cc1cccc(CN2CCCN(c3nc4ccc(C(F)(F)F)cc4s3)CC2)c1. The predicted octanol–water partition coefficient (Wildman–Crippen LogP) is 4.65. The Morgan fingerprint density at radius 2 is 1.87 bits per heavy atom. The number of alkyl halides is 3. The average molecular weight is 449 g/mol. The zero-order chi connectivity index (χ0) is 22.0. The number of hydrogen-bond donors (Lipinski definition) is 1. The lowest BCUT2D eigenvalue weighted by Gasteiger charge is -2.21. The standard InChI is InChI=1S/C22H22F3N3O2S/c23-22(24,25)17-5-6-18-19(13-17)31-21(26-18)28-8-2-7-27(9-10-28)14-16-4-1-3-15(11-16)12-20(29)30/h1,3-6,11,13H,2,7-10,12,14H2,(H,29,30). The van der Waals surface area contributed by atoms with Gasteiger partial charge in [0.1, 0.15) is 0 Å². The van der Waals surface area contributed by atoms with Gasteiger partial charge in [0.15, 0.2) is 5.13 Å². The number of hydrogen-bond acceptors (Lipinski definition) is 5. The fourth-order valence-electron chi connectivity index (χ4n) is 3.82. The first-order valence-corrected chi connectivity index (χ1v) is 10.8. The Morgan fingerprint density at radius 3 is 2.65 bits per heavy atom. The fourth-order valence-corrected chi connectivity index (χ4v) is 4.87. The molecule has 0 saturated carbocycles. The van der Waals surface area contributed by atoms with Crippen molar-refractivity contribution in [3.8, 4) is 0 Å². The van der Waals surface area contributed by atoms with Crippen LogP contribution in [0.15, 0.2) is 42.5 Å². The van der Waals surface area contributed by atoms with Crippen LogP contribution in [0.1, 0.15) is 23.1 Å². The van der Waals surface area contributed by atoms with Gasteiger partial charge in [-0.05, 0) is 35.7 Å². The monoisotopic (exact) mass is 449 g/mol. The number of anilines is 1. The maximum Gasteiger partial charge on any atom is 0.416 e. The molecule has 2 heterocycles. The van der Waals surface area contributed by atoms with Gasteiger partial charge in [-0.3, -0.25) is 9.69 Å². The molecule has 0 unspecified atom stereocenters. The summed E-state index contributed by atoms with van der Waals surface area (Å²) in [5.41, 5.74) is 1.80. The first-order chi connectivity index (χ1) is 14.8. The minimum atomic E-state index is -4.36. The van der Waals surface area contributed by atoms with E-state index in [-0.39, 0.29) is 6.42 Å². The van der Waals surface area contributed by atoms with Gasteiger partial charge in [0.25, 0.3) is 0 Å². The lowest BCUT2D eigenvalue weighted by Crippen LogP contribution is -2.30. The van der Waals surface area contributed by atoms with Gasteiger partial charge in [-0.2, -0.15) is 13.2 Å². The number of fused-ring (bicyclic) bond motifs is 1. The Hall–Kier alpha value is -2.65. The second-order valence-electron chi connectivity index (χ2n) is 7.68. The summed E-state index contributed by atoms with van der Waals surface area (Å²) in [6.45, 7) is 3.95. The number of benzene rings is 2. The molecule has 0 aliphatic carbocycles. The van der Waals surface area contributed by atoms with Crippen LogP contribution in [0.3, 0.4) is 0 Å². The Bertz CT molecular complexity index is 1080. The van der Waals surface area contributed by atoms with E-state index >= 15 is 0 Å². The maximum absolute atomic E-state index is 13.0. The van der Waals surface area contributed by atoms with Crippen LogP contribution >= 0.6 is 11.3 Å². The minimum Gasteiger partial charge on any atom is -0.481 e. The molecule has 0 bridgehead atoms. The summed E-state index contributed by atoms with van der Waals surface area (Å²) in [6, 6.07) is 11.3. The van der Waals surface area contributed by atoms with Crippen molar-refractivity contribution in [2.75, 3.05) is 31.1 Å². The molecule has 31 heavy (non-hydrogen) atoms. The van der Waals surface area contributed by atoms with Crippen molar-refractivity contribution in [1.82, 2.24) is 9.88 Å². The van der Waals surface area contributed by atoms with Crippen molar-refractivity contribution in [3.63, 3.8) is 0 Å². The predicted molar refractivity (Wildman–Crippen MR) is 115 cm³/mol. The van der Waals surface area contributed by atoms with E-state index in [0.717, 1.165) is 61.5 Å². The highest BCUT2D eigenvalue weighted by atomic mass is 32.1. The smallest absolute Gasteiger partial charge is 0.416 e. The molecule has 0 spiro atoms. The van der Waals surface area contributed by atoms with Gasteiger partial charge in [0.05, 0.1) is 22.2 Å². The number of aromatic nitrogens is 1. The third kappa shape index (κ3) is 5.34. The molecular formula is C22H22F3N3O2S. The summed E-state index contributed by atoms with van der Waals surface area (Å²) in [6.07, 6.45) is -3.43. The molecule has 9 heteroatoms. The summed E-state index contributed by atoms with van der Waals surface area (Å²) in [7, 11) is 0. The first kappa shape index (κ1) is 21.6. The minimum absolute atomic E-state index is 0.00920. The summed E-state index contributed by atoms with van der Waals surface area (Å²) in [5, 5.41) is 9.73. The fraction of sp³-hybridized carbons (Fsp3) is 0.364. The van der Waals surface area contributed by atoms with E-state index < -0.39 is 17.7 Å². The molecule has 1 aliphatic rings. The Kier molecular flexibility index (Phi) is 6.15. The molecular weight excluding hydrogens is 427 g/mol. The van der Waals surface area contributed by atoms with Gasteiger partial charge in [0, 0.05) is 32.7 Å². The van der Waals surface area contributed by atoms with E-state index in [1.165, 1.54) is 23.5 Å². The summed E-state index contributed by atoms with van der Waals surface area (Å²) in [4.78, 5) is 19.9. The van der Waals surface area contributed by atoms with Crippen LogP contribution in [0.5, 0.6) is 0 Å². The van der Waals surface area contributed by atoms with Crippen molar-refractivity contribution in [2.45, 2.75) is 25.6 Å². The number of carbonyl (C=O) groups is 1. The van der Waals surface area contributed by atoms with Crippen molar-refractivity contribution >= 4 is 32.7 Å². The van der Waals surface area contributed by atoms with E-state index in [9.17, 15) is 18.0 Å². The number of aliphatic carboxylic acids is 1. The molecule has 164 valence electrons. The Balaban J connectivity index is 1.43. The molecule has 0 amide bonds. The largest absolute Gasteiger partial charge is 0.481 e. The van der Waals surface area contributed by atoms with E-state index in [1.54, 1.807) is 0 Å². The molecule has 5 nitrogen and oxygen atoms in total. The average Bonchev–Trinajstić information content (AvgIpc) is 2.99. The molecule has 2 aromatic carbocycles. The van der Waals surface area contributed by atoms with E-state index in [4.69, 9.17) is 5.11 Å². The molecule has 1 aliphatic heterocycles. The Labute approximate surface area is 181 Å². The molecule has 0 atom stereocenters. The van der Waals surface area contributed by atoms with Crippen LogP contribution in [0.2, 0.25) is 0 Å². The summed E-state index contributed by atoms with van der Waals surface area (Å²) < 4.78 is 39.5. The van der Waals surface area contributed by atoms with Crippen LogP contribution in [-0.2, 0) is 23.9 Å². The lowest BCUT2D eigenvalue weighted by atomic mass is 10.1. The number of carboxylic acids is 1. The quantitative estimate of drug-likeness (QED) is 0.614. The lowest BCUT2D eigenvalue weighted by molar-refractivity contribution is -0.138. The first-order valence-electron chi connectivity index (χ1n) is 10.0. The number of carboxylic acid groups (broad SMARTS) is 1. The second kappa shape index (κ2) is 8.84. The van der Waals surface area contributed by atoms with Gasteiger partial charge in [0.2, 0.25) is 0 Å². The van der Waals surface area contributed by atoms with Crippen molar-refractivity contribution in [3.05, 3.63) is 59.2 Å². The van der Waals surface area contributed by atoms with Gasteiger partial charge in [-0.25, -0.2) is 4.98 Å². The number of nitrogens with zero attached hydrogens (tertiary/aromatic N) is 3. The molecule has 0 radical (unpaired) electrons. The van der Waals surface area contributed by atoms with Gasteiger partial charge >= 0.3 is 12.1 Å². The van der Waals surface area contributed by atoms with E-state index in [2.05, 4.69) is 14.8 Å². The normalized spacial score (nSPS) is 15.9. The van der Waals surface area contributed by atoms with Crippen LogP contribution in [-0.4, -0.2) is 47.1 Å². The van der Waals surface area contributed by atoms with Crippen LogP contribution in [0.25, 0.3) is 10.2 Å². The zero-order valence-corrected chi connectivity index (χ0v) is 17.5. The molecule has 1 fully saturated rings. The molecule has 1 saturated heterocycles. The Morgan fingerprint density at radius 1 is 1.06 bits per heavy atom. The highest BCUT2D eigenvalue weighted by Crippen LogP contribution is 2.35. The molecule has 3 aromatic rings. The number of thiazole rings is 1. The van der Waals surface area contributed by atoms with Gasteiger partial charge < -0.3 is 10.0 Å². The van der Waals surface area contributed by atoms with Crippen molar-refractivity contribution in [2.24, 2.45) is 0 Å². The summed E-state index contributed by atoms with van der Waals surface area (Å²) >= 11 is 1.30. The third-order valence-electron chi connectivity index (χ3n) is 5.32. The van der Waals surface area contributed by atoms with Gasteiger partial charge in [-0.15, -0.1) is 0 Å². The third-order valence-corrected chi connectivity index (χ3v) is 6.40. The molecule has 1 aromatic heterocycles. The molecule has 1 N–H and O–H groups in total. The van der Waals surface area contributed by atoms with E-state index in [0.29, 0.717) is 10.2 Å². The highest BCUT2D eigenvalue weighted by molar-refractivity contribution is 7.22. The maximum atomic E-state index is 13.0. The van der Waals surface area contributed by atoms with Crippen molar-refractivity contribution < 1.29 is 23.1 Å². The van der Waals surface area contributed by atoms with E-state index in [1.807, 2.05) is 24.3 Å². The van der Waals surface area contributed by atoms with Crippen molar-refractivity contribution in [1.29, 1.82) is 0 Å².